The number of aliphatic hydroxyl groups is 1. The Kier molecular flexibility index (Phi) is 13.5. The van der Waals surface area contributed by atoms with Crippen LogP contribution < -0.4 is 5.73 Å². The molecule has 0 radical (unpaired) electrons. The van der Waals surface area contributed by atoms with E-state index in [0.29, 0.717) is 13.0 Å². The zero-order valence-electron chi connectivity index (χ0n) is 13.1. The molecule has 1 atom stereocenters. The standard InChI is InChI=1S/C15H32N2O2S/c1-3-4-5-6-7-10-17(11-8-12-18)15(19)14(16)9-13-20-2/h14,18H,3-13,16H2,1-2H3/t14-/m0/s1. The van der Waals surface area contributed by atoms with E-state index in [1.165, 1.54) is 19.3 Å². The number of thioether (sulfide) groups is 1. The number of aliphatic hydroxyl groups excluding tert-OH is 1. The first-order chi connectivity index (χ1) is 9.67. The van der Waals surface area contributed by atoms with E-state index in [9.17, 15) is 4.79 Å². The van der Waals surface area contributed by atoms with Crippen molar-refractivity contribution in [1.29, 1.82) is 0 Å². The monoisotopic (exact) mass is 304 g/mol. The van der Waals surface area contributed by atoms with Gasteiger partial charge in [-0.05, 0) is 31.3 Å². The van der Waals surface area contributed by atoms with Gasteiger partial charge in [0.1, 0.15) is 0 Å². The highest BCUT2D eigenvalue weighted by Crippen LogP contribution is 2.07. The van der Waals surface area contributed by atoms with Crippen molar-refractivity contribution in [2.75, 3.05) is 31.7 Å². The second-order valence-corrected chi connectivity index (χ2v) is 6.19. The number of nitrogens with zero attached hydrogens (tertiary/aromatic N) is 1. The molecule has 0 unspecified atom stereocenters. The number of amides is 1. The van der Waals surface area contributed by atoms with Crippen molar-refractivity contribution in [2.45, 2.75) is 57.9 Å². The molecular weight excluding hydrogens is 272 g/mol. The van der Waals surface area contributed by atoms with Crippen molar-refractivity contribution >= 4 is 17.7 Å². The van der Waals surface area contributed by atoms with E-state index in [1.54, 1.807) is 11.8 Å². The lowest BCUT2D eigenvalue weighted by molar-refractivity contribution is -0.132. The van der Waals surface area contributed by atoms with Gasteiger partial charge in [0, 0.05) is 19.7 Å². The summed E-state index contributed by atoms with van der Waals surface area (Å²) in [6, 6.07) is -0.392. The van der Waals surface area contributed by atoms with Gasteiger partial charge in [0.15, 0.2) is 0 Å². The predicted molar refractivity (Wildman–Crippen MR) is 88.0 cm³/mol. The summed E-state index contributed by atoms with van der Waals surface area (Å²) in [4.78, 5) is 14.1. The molecule has 0 bridgehead atoms. The lowest BCUT2D eigenvalue weighted by Gasteiger charge is -2.25. The molecule has 120 valence electrons. The number of rotatable bonds is 13. The third-order valence-corrected chi connectivity index (χ3v) is 4.02. The van der Waals surface area contributed by atoms with Crippen LogP contribution in [-0.4, -0.2) is 53.7 Å². The molecule has 20 heavy (non-hydrogen) atoms. The molecule has 1 amide bonds. The smallest absolute Gasteiger partial charge is 0.239 e. The van der Waals surface area contributed by atoms with Gasteiger partial charge in [-0.2, -0.15) is 11.8 Å². The maximum absolute atomic E-state index is 12.3. The van der Waals surface area contributed by atoms with Crippen molar-refractivity contribution in [2.24, 2.45) is 5.73 Å². The van der Waals surface area contributed by atoms with Gasteiger partial charge >= 0.3 is 0 Å². The first-order valence-corrected chi connectivity index (χ1v) is 9.20. The summed E-state index contributed by atoms with van der Waals surface area (Å²) in [7, 11) is 0. The van der Waals surface area contributed by atoms with E-state index in [1.807, 2.05) is 11.2 Å². The number of nitrogens with two attached hydrogens (primary N) is 1. The number of carbonyl (C=O) groups is 1. The molecule has 0 saturated heterocycles. The number of hydrogen-bond acceptors (Lipinski definition) is 4. The second-order valence-electron chi connectivity index (χ2n) is 5.20. The Morgan fingerprint density at radius 3 is 2.45 bits per heavy atom. The molecule has 0 aromatic heterocycles. The van der Waals surface area contributed by atoms with Gasteiger partial charge in [0.05, 0.1) is 6.04 Å². The van der Waals surface area contributed by atoms with E-state index in [2.05, 4.69) is 6.92 Å². The van der Waals surface area contributed by atoms with Crippen LogP contribution in [0.4, 0.5) is 0 Å². The number of carbonyl (C=O) groups excluding carboxylic acids is 1. The highest BCUT2D eigenvalue weighted by Gasteiger charge is 2.19. The van der Waals surface area contributed by atoms with Crippen molar-refractivity contribution in [3.8, 4) is 0 Å². The van der Waals surface area contributed by atoms with Gasteiger partial charge in [-0.1, -0.05) is 32.6 Å². The largest absolute Gasteiger partial charge is 0.396 e. The van der Waals surface area contributed by atoms with Gasteiger partial charge in [-0.25, -0.2) is 0 Å². The van der Waals surface area contributed by atoms with Crippen LogP contribution in [0.15, 0.2) is 0 Å². The highest BCUT2D eigenvalue weighted by molar-refractivity contribution is 7.98. The quantitative estimate of drug-likeness (QED) is 0.512. The molecule has 0 saturated carbocycles. The molecule has 0 fully saturated rings. The third kappa shape index (κ3) is 9.61. The van der Waals surface area contributed by atoms with Crippen LogP contribution in [-0.2, 0) is 4.79 Å². The Morgan fingerprint density at radius 1 is 1.20 bits per heavy atom. The van der Waals surface area contributed by atoms with Crippen molar-refractivity contribution in [1.82, 2.24) is 4.90 Å². The van der Waals surface area contributed by atoms with Crippen molar-refractivity contribution < 1.29 is 9.90 Å². The molecule has 0 spiro atoms. The molecule has 4 nitrogen and oxygen atoms in total. The first-order valence-electron chi connectivity index (χ1n) is 7.81. The number of hydrogen-bond donors (Lipinski definition) is 2. The fourth-order valence-corrected chi connectivity index (χ4v) is 2.59. The Bertz CT molecular complexity index is 240. The fraction of sp³-hybridized carbons (Fsp3) is 0.933. The van der Waals surface area contributed by atoms with Crippen LogP contribution in [0.1, 0.15) is 51.9 Å². The zero-order valence-corrected chi connectivity index (χ0v) is 14.0. The molecule has 0 aliphatic carbocycles. The van der Waals surface area contributed by atoms with Crippen LogP contribution in [0, 0.1) is 0 Å². The van der Waals surface area contributed by atoms with Crippen molar-refractivity contribution in [3.05, 3.63) is 0 Å². The minimum atomic E-state index is -0.392. The average Bonchev–Trinajstić information content (AvgIpc) is 2.46. The van der Waals surface area contributed by atoms with Gasteiger partial charge in [-0.3, -0.25) is 4.79 Å². The van der Waals surface area contributed by atoms with E-state index >= 15 is 0 Å². The molecule has 3 N–H and O–H groups in total. The van der Waals surface area contributed by atoms with Crippen LogP contribution in [0.5, 0.6) is 0 Å². The van der Waals surface area contributed by atoms with E-state index < -0.39 is 6.04 Å². The summed E-state index contributed by atoms with van der Waals surface area (Å²) < 4.78 is 0. The van der Waals surface area contributed by atoms with Crippen LogP contribution in [0.3, 0.4) is 0 Å². The van der Waals surface area contributed by atoms with Gasteiger partial charge in [0.25, 0.3) is 0 Å². The number of unbranched alkanes of at least 4 members (excludes halogenated alkanes) is 4. The first kappa shape index (κ1) is 19.7. The summed E-state index contributed by atoms with van der Waals surface area (Å²) in [6.45, 7) is 3.72. The van der Waals surface area contributed by atoms with E-state index in [4.69, 9.17) is 10.8 Å². The second kappa shape index (κ2) is 13.7. The van der Waals surface area contributed by atoms with Crippen LogP contribution in [0.2, 0.25) is 0 Å². The lowest BCUT2D eigenvalue weighted by Crippen LogP contribution is -2.45. The molecule has 0 aliphatic heterocycles. The topological polar surface area (TPSA) is 66.6 Å². The van der Waals surface area contributed by atoms with E-state index in [0.717, 1.165) is 31.6 Å². The zero-order chi connectivity index (χ0) is 15.2. The maximum atomic E-state index is 12.3. The normalized spacial score (nSPS) is 12.4. The summed E-state index contributed by atoms with van der Waals surface area (Å²) >= 11 is 1.71. The highest BCUT2D eigenvalue weighted by atomic mass is 32.2. The molecule has 0 rings (SSSR count). The Morgan fingerprint density at radius 2 is 1.85 bits per heavy atom. The van der Waals surface area contributed by atoms with Crippen LogP contribution >= 0.6 is 11.8 Å². The van der Waals surface area contributed by atoms with Crippen LogP contribution in [0.25, 0.3) is 0 Å². The molecule has 0 aromatic rings. The molecule has 0 aliphatic rings. The minimum absolute atomic E-state index is 0.0444. The SMILES string of the molecule is CCCCCCCN(CCCO)C(=O)[C@@H](N)CCSC. The fourth-order valence-electron chi connectivity index (χ4n) is 2.10. The summed E-state index contributed by atoms with van der Waals surface area (Å²) in [5, 5.41) is 8.95. The van der Waals surface area contributed by atoms with Gasteiger partial charge in [0.2, 0.25) is 5.91 Å². The summed E-state index contributed by atoms with van der Waals surface area (Å²) in [5.41, 5.74) is 5.96. The Labute approximate surface area is 128 Å². The maximum Gasteiger partial charge on any atom is 0.239 e. The third-order valence-electron chi connectivity index (χ3n) is 3.38. The van der Waals surface area contributed by atoms with Gasteiger partial charge in [-0.15, -0.1) is 0 Å². The molecule has 0 aromatic carbocycles. The average molecular weight is 304 g/mol. The summed E-state index contributed by atoms with van der Waals surface area (Å²) in [5.74, 6) is 0.958. The molecule has 0 heterocycles. The Hall–Kier alpha value is -0.260. The molecule has 5 heteroatoms. The Balaban J connectivity index is 4.13. The van der Waals surface area contributed by atoms with Gasteiger partial charge < -0.3 is 15.7 Å². The predicted octanol–water partition coefficient (Wildman–Crippen LogP) is 2.25. The van der Waals surface area contributed by atoms with Crippen molar-refractivity contribution in [3.63, 3.8) is 0 Å². The van der Waals surface area contributed by atoms with E-state index in [-0.39, 0.29) is 12.5 Å². The lowest BCUT2D eigenvalue weighted by atomic mass is 10.1. The minimum Gasteiger partial charge on any atom is -0.396 e. The summed E-state index contributed by atoms with van der Waals surface area (Å²) in [6.07, 6.45) is 9.31. The molecular formula is C15H32N2O2S.